The summed E-state index contributed by atoms with van der Waals surface area (Å²) in [6.45, 7) is 7.97. The number of rotatable bonds is 18. The molecule has 0 saturated heterocycles. The van der Waals surface area contributed by atoms with Gasteiger partial charge in [-0.2, -0.15) is 11.8 Å². The number of nitrogens with two attached hydrogens (primary N) is 2. The van der Waals surface area contributed by atoms with Crippen LogP contribution in [0, 0.1) is 11.8 Å². The number of carboxylic acid groups (broad SMARTS) is 1. The van der Waals surface area contributed by atoms with E-state index in [2.05, 4.69) is 16.0 Å². The Labute approximate surface area is 208 Å². The van der Waals surface area contributed by atoms with Crippen LogP contribution >= 0.6 is 11.8 Å². The summed E-state index contributed by atoms with van der Waals surface area (Å²) in [5, 5.41) is 17.5. The molecule has 3 amide bonds. The van der Waals surface area contributed by atoms with Gasteiger partial charge in [-0.3, -0.25) is 14.4 Å². The number of hydrogen-bond acceptors (Lipinski definition) is 7. The number of nitrogens with one attached hydrogen (secondary N) is 3. The molecule has 0 aliphatic rings. The lowest BCUT2D eigenvalue weighted by atomic mass is 9.98. The van der Waals surface area contributed by atoms with Gasteiger partial charge in [0.1, 0.15) is 18.1 Å². The van der Waals surface area contributed by atoms with E-state index < -0.39 is 47.9 Å². The second kappa shape index (κ2) is 17.6. The van der Waals surface area contributed by atoms with Crippen LogP contribution in [0.25, 0.3) is 0 Å². The molecule has 8 N–H and O–H groups in total. The maximum Gasteiger partial charge on any atom is 0.326 e. The Hall–Kier alpha value is -1.85. The highest BCUT2D eigenvalue weighted by Crippen LogP contribution is 2.11. The van der Waals surface area contributed by atoms with E-state index in [1.807, 2.05) is 27.0 Å². The minimum atomic E-state index is -1.12. The van der Waals surface area contributed by atoms with E-state index in [0.717, 1.165) is 6.42 Å². The van der Waals surface area contributed by atoms with E-state index in [1.54, 1.807) is 6.92 Å². The lowest BCUT2D eigenvalue weighted by molar-refractivity contribution is -0.143. The van der Waals surface area contributed by atoms with Gasteiger partial charge in [-0.25, -0.2) is 4.79 Å². The molecule has 0 aromatic rings. The number of carbonyl (C=O) groups excluding carboxylic acids is 3. The molecule has 5 atom stereocenters. The molecule has 198 valence electrons. The second-order valence-corrected chi connectivity index (χ2v) is 10.1. The Morgan fingerprint density at radius 2 is 1.50 bits per heavy atom. The summed E-state index contributed by atoms with van der Waals surface area (Å²) < 4.78 is 0. The number of unbranched alkanes of at least 4 members (excludes halogenated alkanes) is 1. The number of thioether (sulfide) groups is 1. The zero-order valence-electron chi connectivity index (χ0n) is 21.3. The van der Waals surface area contributed by atoms with Crippen molar-refractivity contribution < 1.29 is 24.3 Å². The van der Waals surface area contributed by atoms with Crippen LogP contribution in [-0.2, 0) is 19.2 Å². The number of carbonyl (C=O) groups is 4. The number of aliphatic carboxylic acids is 1. The summed E-state index contributed by atoms with van der Waals surface area (Å²) in [5.74, 6) is -2.17. The summed E-state index contributed by atoms with van der Waals surface area (Å²) in [5.41, 5.74) is 11.5. The predicted octanol–water partition coefficient (Wildman–Crippen LogP) is 0.827. The van der Waals surface area contributed by atoms with Gasteiger partial charge < -0.3 is 32.5 Å². The van der Waals surface area contributed by atoms with E-state index in [9.17, 15) is 24.3 Å². The first-order valence-electron chi connectivity index (χ1n) is 12.1. The van der Waals surface area contributed by atoms with Crippen LogP contribution in [-0.4, -0.2) is 71.5 Å². The fourth-order valence-electron chi connectivity index (χ4n) is 3.34. The predicted molar refractivity (Wildman–Crippen MR) is 136 cm³/mol. The molecule has 0 aliphatic carbocycles. The average Bonchev–Trinajstić information content (AvgIpc) is 2.78. The molecular weight excluding hydrogens is 458 g/mol. The summed E-state index contributed by atoms with van der Waals surface area (Å²) in [7, 11) is 0. The van der Waals surface area contributed by atoms with Crippen molar-refractivity contribution in [1.82, 2.24) is 16.0 Å². The first-order valence-corrected chi connectivity index (χ1v) is 13.5. The van der Waals surface area contributed by atoms with Crippen LogP contribution < -0.4 is 27.4 Å². The van der Waals surface area contributed by atoms with Crippen LogP contribution in [0.4, 0.5) is 0 Å². The first-order chi connectivity index (χ1) is 16.0. The molecule has 5 unspecified atom stereocenters. The van der Waals surface area contributed by atoms with Gasteiger partial charge in [-0.05, 0) is 56.1 Å². The van der Waals surface area contributed by atoms with Crippen molar-refractivity contribution in [2.75, 3.05) is 18.6 Å². The fourth-order valence-corrected chi connectivity index (χ4v) is 3.81. The molecule has 0 aromatic heterocycles. The Balaban J connectivity index is 5.42. The van der Waals surface area contributed by atoms with Crippen molar-refractivity contribution in [3.8, 4) is 0 Å². The van der Waals surface area contributed by atoms with Crippen molar-refractivity contribution in [3.63, 3.8) is 0 Å². The number of carboxylic acids is 1. The standard InChI is InChI=1S/C23H45N5O5S/c1-6-15(4)19(23(32)33)28-21(30)17(10-12-34-5)26-22(31)18(13-14(2)3)27-20(29)16(25)9-7-8-11-24/h14-19H,6-13,24-25H2,1-5H3,(H,26,31)(H,27,29)(H,28,30)(H,32,33). The van der Waals surface area contributed by atoms with E-state index in [1.165, 1.54) is 11.8 Å². The van der Waals surface area contributed by atoms with Crippen LogP contribution in [0.15, 0.2) is 0 Å². The van der Waals surface area contributed by atoms with Crippen LogP contribution in [0.2, 0.25) is 0 Å². The minimum absolute atomic E-state index is 0.102. The molecule has 0 rings (SSSR count). The van der Waals surface area contributed by atoms with Gasteiger partial charge in [-0.1, -0.05) is 40.5 Å². The molecule has 0 aromatic carbocycles. The fraction of sp³-hybridized carbons (Fsp3) is 0.826. The molecule has 0 aliphatic heterocycles. The molecule has 11 heteroatoms. The highest BCUT2D eigenvalue weighted by atomic mass is 32.2. The van der Waals surface area contributed by atoms with Crippen molar-refractivity contribution in [2.45, 2.75) is 90.4 Å². The molecule has 0 saturated carbocycles. The molecule has 34 heavy (non-hydrogen) atoms. The average molecular weight is 504 g/mol. The van der Waals surface area contributed by atoms with Gasteiger partial charge >= 0.3 is 5.97 Å². The molecule has 0 radical (unpaired) electrons. The molecule has 0 heterocycles. The maximum atomic E-state index is 13.1. The van der Waals surface area contributed by atoms with Crippen molar-refractivity contribution in [1.29, 1.82) is 0 Å². The van der Waals surface area contributed by atoms with E-state index >= 15 is 0 Å². The molecule has 0 bridgehead atoms. The quantitative estimate of drug-likeness (QED) is 0.149. The number of amides is 3. The van der Waals surface area contributed by atoms with Gasteiger partial charge in [0.15, 0.2) is 0 Å². The SMILES string of the molecule is CCC(C)C(NC(=O)C(CCSC)NC(=O)C(CC(C)C)NC(=O)C(N)CCCCN)C(=O)O. The van der Waals surface area contributed by atoms with Crippen molar-refractivity contribution >= 4 is 35.5 Å². The van der Waals surface area contributed by atoms with E-state index in [4.69, 9.17) is 11.5 Å². The smallest absolute Gasteiger partial charge is 0.326 e. The molecule has 0 spiro atoms. The third kappa shape index (κ3) is 12.6. The Bertz CT molecular complexity index is 649. The normalized spacial score (nSPS) is 15.6. The Morgan fingerprint density at radius 1 is 0.912 bits per heavy atom. The molecular formula is C23H45N5O5S. The topological polar surface area (TPSA) is 177 Å². The highest BCUT2D eigenvalue weighted by molar-refractivity contribution is 7.98. The van der Waals surface area contributed by atoms with Gasteiger partial charge in [0.25, 0.3) is 0 Å². The maximum absolute atomic E-state index is 13.1. The lowest BCUT2D eigenvalue weighted by Crippen LogP contribution is -2.58. The zero-order valence-corrected chi connectivity index (χ0v) is 22.1. The summed E-state index contributed by atoms with van der Waals surface area (Å²) >= 11 is 1.51. The highest BCUT2D eigenvalue weighted by Gasteiger charge is 2.32. The Kier molecular flexibility index (Phi) is 16.6. The monoisotopic (exact) mass is 503 g/mol. The lowest BCUT2D eigenvalue weighted by Gasteiger charge is -2.27. The van der Waals surface area contributed by atoms with Crippen LogP contribution in [0.3, 0.4) is 0 Å². The summed E-state index contributed by atoms with van der Waals surface area (Å²) in [6.07, 6.45) is 5.09. The zero-order chi connectivity index (χ0) is 26.3. The van der Waals surface area contributed by atoms with Crippen molar-refractivity contribution in [2.24, 2.45) is 23.3 Å². The van der Waals surface area contributed by atoms with Crippen LogP contribution in [0.5, 0.6) is 0 Å². The van der Waals surface area contributed by atoms with E-state index in [-0.39, 0.29) is 11.8 Å². The largest absolute Gasteiger partial charge is 0.480 e. The van der Waals surface area contributed by atoms with E-state index in [0.29, 0.717) is 44.4 Å². The van der Waals surface area contributed by atoms with Crippen molar-refractivity contribution in [3.05, 3.63) is 0 Å². The van der Waals surface area contributed by atoms with Gasteiger partial charge in [0.2, 0.25) is 17.7 Å². The molecule has 0 fully saturated rings. The molecule has 10 nitrogen and oxygen atoms in total. The third-order valence-electron chi connectivity index (χ3n) is 5.67. The number of hydrogen-bond donors (Lipinski definition) is 6. The van der Waals surface area contributed by atoms with Crippen LogP contribution in [0.1, 0.15) is 66.2 Å². The first kappa shape index (κ1) is 32.1. The summed E-state index contributed by atoms with van der Waals surface area (Å²) in [4.78, 5) is 50.2. The third-order valence-corrected chi connectivity index (χ3v) is 6.31. The van der Waals surface area contributed by atoms with Gasteiger partial charge in [0, 0.05) is 0 Å². The van der Waals surface area contributed by atoms with Gasteiger partial charge in [0.05, 0.1) is 6.04 Å². The van der Waals surface area contributed by atoms with Gasteiger partial charge in [-0.15, -0.1) is 0 Å². The second-order valence-electron chi connectivity index (χ2n) is 9.13. The minimum Gasteiger partial charge on any atom is -0.480 e. The summed E-state index contributed by atoms with van der Waals surface area (Å²) in [6, 6.07) is -3.58. The Morgan fingerprint density at radius 3 is 2.00 bits per heavy atom.